The molecule has 0 saturated carbocycles. The molecule has 164 valence electrons. The minimum Gasteiger partial charge on any atom is -0.497 e. The highest BCUT2D eigenvalue weighted by Crippen LogP contribution is 2.35. The Kier molecular flexibility index (Phi) is 5.95. The van der Waals surface area contributed by atoms with E-state index < -0.39 is 0 Å². The first-order chi connectivity index (χ1) is 16.2. The molecule has 4 aromatic rings. The Morgan fingerprint density at radius 2 is 1.79 bits per heavy atom. The van der Waals surface area contributed by atoms with Crippen LogP contribution >= 0.6 is 12.2 Å². The largest absolute Gasteiger partial charge is 0.497 e. The van der Waals surface area contributed by atoms with Gasteiger partial charge >= 0.3 is 0 Å². The quantitative estimate of drug-likeness (QED) is 0.435. The second-order valence-corrected chi connectivity index (χ2v) is 8.14. The summed E-state index contributed by atoms with van der Waals surface area (Å²) in [6.07, 6.45) is 4.14. The SMILES string of the molecule is COc1ccc(C2=NN(C(=S)NCc3ccccc3)[C@H](c3cccc4nccnc34)C2)cc1. The Morgan fingerprint density at radius 1 is 1.00 bits per heavy atom. The smallest absolute Gasteiger partial charge is 0.190 e. The van der Waals surface area contributed by atoms with Crippen LogP contribution in [-0.4, -0.2) is 32.9 Å². The Morgan fingerprint density at radius 3 is 2.58 bits per heavy atom. The van der Waals surface area contributed by atoms with E-state index in [0.717, 1.165) is 39.2 Å². The van der Waals surface area contributed by atoms with E-state index in [0.29, 0.717) is 18.1 Å². The molecule has 33 heavy (non-hydrogen) atoms. The number of para-hydroxylation sites is 1. The van der Waals surface area contributed by atoms with E-state index in [1.807, 2.05) is 59.6 Å². The standard InChI is InChI=1S/C26H23N5OS/c1-32-20-12-10-19(11-13-20)23-16-24(21-8-5-9-22-25(21)28-15-14-27-22)31(30-23)26(33)29-17-18-6-3-2-4-7-18/h2-15,24H,16-17H2,1H3,(H,29,33)/t24-/m0/s1. The number of methoxy groups -OCH3 is 1. The summed E-state index contributed by atoms with van der Waals surface area (Å²) in [7, 11) is 1.66. The number of hydrogen-bond acceptors (Lipinski definition) is 5. The van der Waals surface area contributed by atoms with E-state index >= 15 is 0 Å². The van der Waals surface area contributed by atoms with Crippen LogP contribution in [0.4, 0.5) is 0 Å². The molecular formula is C26H23N5OS. The fourth-order valence-electron chi connectivity index (χ4n) is 4.04. The molecule has 5 rings (SSSR count). The van der Waals surface area contributed by atoms with Gasteiger partial charge in [-0.2, -0.15) is 5.10 Å². The summed E-state index contributed by atoms with van der Waals surface area (Å²) in [5.74, 6) is 0.815. The first kappa shape index (κ1) is 21.0. The molecule has 0 aliphatic carbocycles. The van der Waals surface area contributed by atoms with Crippen molar-refractivity contribution in [3.8, 4) is 5.75 Å². The van der Waals surface area contributed by atoms with Crippen LogP contribution in [0.15, 0.2) is 90.3 Å². The average molecular weight is 454 g/mol. The summed E-state index contributed by atoms with van der Waals surface area (Å²) < 4.78 is 5.31. The predicted molar refractivity (Wildman–Crippen MR) is 134 cm³/mol. The van der Waals surface area contributed by atoms with Crippen molar-refractivity contribution in [3.63, 3.8) is 0 Å². The molecule has 0 bridgehead atoms. The maximum Gasteiger partial charge on any atom is 0.190 e. The van der Waals surface area contributed by atoms with Gasteiger partial charge in [0.1, 0.15) is 5.75 Å². The Labute approximate surface area is 197 Å². The van der Waals surface area contributed by atoms with Gasteiger partial charge < -0.3 is 10.1 Å². The maximum absolute atomic E-state index is 5.81. The van der Waals surface area contributed by atoms with Crippen LogP contribution in [0.25, 0.3) is 11.0 Å². The van der Waals surface area contributed by atoms with Crippen LogP contribution < -0.4 is 10.1 Å². The molecule has 1 atom stereocenters. The van der Waals surface area contributed by atoms with Gasteiger partial charge in [0, 0.05) is 30.9 Å². The predicted octanol–water partition coefficient (Wildman–Crippen LogP) is 4.86. The third-order valence-corrected chi connectivity index (χ3v) is 6.05. The number of thiocarbonyl (C=S) groups is 1. The lowest BCUT2D eigenvalue weighted by atomic mass is 9.97. The first-order valence-corrected chi connectivity index (χ1v) is 11.2. The Hall–Kier alpha value is -3.84. The van der Waals surface area contributed by atoms with Crippen molar-refractivity contribution in [1.29, 1.82) is 0 Å². The molecule has 0 unspecified atom stereocenters. The number of ether oxygens (including phenoxy) is 1. The molecule has 3 aromatic carbocycles. The average Bonchev–Trinajstić information content (AvgIpc) is 3.33. The zero-order valence-electron chi connectivity index (χ0n) is 18.2. The molecule has 6 nitrogen and oxygen atoms in total. The zero-order valence-corrected chi connectivity index (χ0v) is 19.0. The van der Waals surface area contributed by atoms with Crippen LogP contribution in [0.5, 0.6) is 5.75 Å². The van der Waals surface area contributed by atoms with Gasteiger partial charge in [-0.05, 0) is 53.7 Å². The van der Waals surface area contributed by atoms with E-state index in [-0.39, 0.29) is 6.04 Å². The summed E-state index contributed by atoms with van der Waals surface area (Å²) in [5, 5.41) is 10.8. The highest BCUT2D eigenvalue weighted by Gasteiger charge is 2.33. The van der Waals surface area contributed by atoms with E-state index in [9.17, 15) is 0 Å². The molecular weight excluding hydrogens is 430 g/mol. The number of hydrazone groups is 1. The van der Waals surface area contributed by atoms with Crippen LogP contribution in [-0.2, 0) is 6.54 Å². The number of rotatable bonds is 5. The third kappa shape index (κ3) is 4.40. The van der Waals surface area contributed by atoms with Crippen molar-refractivity contribution in [2.24, 2.45) is 5.10 Å². The third-order valence-electron chi connectivity index (χ3n) is 5.72. The number of hydrogen-bond donors (Lipinski definition) is 1. The van der Waals surface area contributed by atoms with Crippen molar-refractivity contribution < 1.29 is 4.74 Å². The topological polar surface area (TPSA) is 62.6 Å². The first-order valence-electron chi connectivity index (χ1n) is 10.8. The zero-order chi connectivity index (χ0) is 22.6. The molecule has 2 heterocycles. The Balaban J connectivity index is 1.48. The second-order valence-electron chi connectivity index (χ2n) is 7.76. The summed E-state index contributed by atoms with van der Waals surface area (Å²) in [5.41, 5.74) is 5.94. The monoisotopic (exact) mass is 453 g/mol. The normalized spacial score (nSPS) is 15.4. The second kappa shape index (κ2) is 9.34. The molecule has 1 aliphatic rings. The lowest BCUT2D eigenvalue weighted by molar-refractivity contribution is 0.365. The van der Waals surface area contributed by atoms with Gasteiger partial charge in [0.2, 0.25) is 0 Å². The van der Waals surface area contributed by atoms with Crippen molar-refractivity contribution in [2.45, 2.75) is 19.0 Å². The Bertz CT molecular complexity index is 1300. The molecule has 1 aromatic heterocycles. The summed E-state index contributed by atoms with van der Waals surface area (Å²) in [4.78, 5) is 9.09. The summed E-state index contributed by atoms with van der Waals surface area (Å²) in [6, 6.07) is 24.1. The minimum atomic E-state index is -0.0849. The summed E-state index contributed by atoms with van der Waals surface area (Å²) in [6.45, 7) is 0.631. The van der Waals surface area contributed by atoms with Crippen LogP contribution in [0, 0.1) is 0 Å². The molecule has 1 aliphatic heterocycles. The lowest BCUT2D eigenvalue weighted by Crippen LogP contribution is -2.36. The summed E-state index contributed by atoms with van der Waals surface area (Å²) >= 11 is 5.81. The van der Waals surface area contributed by atoms with Gasteiger partial charge in [0.25, 0.3) is 0 Å². The minimum absolute atomic E-state index is 0.0849. The lowest BCUT2D eigenvalue weighted by Gasteiger charge is -2.25. The van der Waals surface area contributed by atoms with Gasteiger partial charge in [-0.1, -0.05) is 42.5 Å². The highest BCUT2D eigenvalue weighted by molar-refractivity contribution is 7.80. The molecule has 0 amide bonds. The molecule has 0 radical (unpaired) electrons. The number of nitrogens with one attached hydrogen (secondary N) is 1. The van der Waals surface area contributed by atoms with Crippen molar-refractivity contribution in [3.05, 3.63) is 102 Å². The van der Waals surface area contributed by atoms with Crippen LogP contribution in [0.2, 0.25) is 0 Å². The van der Waals surface area contributed by atoms with Gasteiger partial charge in [-0.25, -0.2) is 5.01 Å². The number of aromatic nitrogens is 2. The maximum atomic E-state index is 5.81. The van der Waals surface area contributed by atoms with Crippen LogP contribution in [0.1, 0.15) is 29.2 Å². The molecule has 7 heteroatoms. The van der Waals surface area contributed by atoms with Gasteiger partial charge in [0.05, 0.1) is 29.9 Å². The van der Waals surface area contributed by atoms with E-state index in [1.54, 1.807) is 19.5 Å². The van der Waals surface area contributed by atoms with E-state index in [1.165, 1.54) is 0 Å². The number of fused-ring (bicyclic) bond motifs is 1. The number of nitrogens with zero attached hydrogens (tertiary/aromatic N) is 4. The molecule has 1 N–H and O–H groups in total. The molecule has 0 spiro atoms. The fraction of sp³-hybridized carbons (Fsp3) is 0.154. The van der Waals surface area contributed by atoms with Crippen molar-refractivity contribution >= 4 is 34.1 Å². The van der Waals surface area contributed by atoms with Crippen molar-refractivity contribution in [1.82, 2.24) is 20.3 Å². The van der Waals surface area contributed by atoms with Crippen molar-refractivity contribution in [2.75, 3.05) is 7.11 Å². The van der Waals surface area contributed by atoms with Gasteiger partial charge in [-0.3, -0.25) is 9.97 Å². The fourth-order valence-corrected chi connectivity index (χ4v) is 4.28. The highest BCUT2D eigenvalue weighted by atomic mass is 32.1. The molecule has 0 saturated heterocycles. The number of benzene rings is 3. The van der Waals surface area contributed by atoms with E-state index in [2.05, 4.69) is 33.5 Å². The van der Waals surface area contributed by atoms with Gasteiger partial charge in [-0.15, -0.1) is 0 Å². The van der Waals surface area contributed by atoms with E-state index in [4.69, 9.17) is 22.1 Å². The van der Waals surface area contributed by atoms with Crippen LogP contribution in [0.3, 0.4) is 0 Å². The van der Waals surface area contributed by atoms with Gasteiger partial charge in [0.15, 0.2) is 5.11 Å². The molecule has 0 fully saturated rings.